The summed E-state index contributed by atoms with van der Waals surface area (Å²) in [6, 6.07) is 7.28. The Morgan fingerprint density at radius 1 is 1.29 bits per heavy atom. The number of nitrogens with two attached hydrogens (primary N) is 1. The van der Waals surface area contributed by atoms with Crippen molar-refractivity contribution in [2.45, 2.75) is 30.8 Å². The lowest BCUT2D eigenvalue weighted by atomic mass is 10.2. The topological polar surface area (TPSA) is 63.4 Å². The maximum Gasteiger partial charge on any atom is 0.179 e. The maximum atomic E-state index is 12.3. The van der Waals surface area contributed by atoms with Crippen LogP contribution in [0.2, 0.25) is 0 Å². The van der Waals surface area contributed by atoms with E-state index in [2.05, 4.69) is 18.1 Å². The minimum Gasteiger partial charge on any atom is -0.326 e. The second-order valence-corrected chi connectivity index (χ2v) is 8.18. The first-order valence-electron chi connectivity index (χ1n) is 7.15. The van der Waals surface area contributed by atoms with E-state index >= 15 is 0 Å². The number of hydrogen-bond acceptors (Lipinski definition) is 5. The van der Waals surface area contributed by atoms with Crippen LogP contribution in [0.1, 0.15) is 18.9 Å². The van der Waals surface area contributed by atoms with Gasteiger partial charge in [-0.1, -0.05) is 19.1 Å². The van der Waals surface area contributed by atoms with Gasteiger partial charge in [0.2, 0.25) is 0 Å². The molecule has 0 saturated carbocycles. The van der Waals surface area contributed by atoms with Gasteiger partial charge in [-0.25, -0.2) is 8.42 Å². The van der Waals surface area contributed by atoms with Crippen LogP contribution in [0.25, 0.3) is 0 Å². The molecule has 1 atom stereocenters. The van der Waals surface area contributed by atoms with Gasteiger partial charge in [0.1, 0.15) is 0 Å². The van der Waals surface area contributed by atoms with Gasteiger partial charge in [-0.15, -0.1) is 0 Å². The molecular weight excluding hydrogens is 304 g/mol. The van der Waals surface area contributed by atoms with Crippen molar-refractivity contribution in [3.8, 4) is 0 Å². The van der Waals surface area contributed by atoms with Crippen molar-refractivity contribution in [2.24, 2.45) is 5.73 Å². The van der Waals surface area contributed by atoms with Gasteiger partial charge in [0, 0.05) is 24.9 Å². The highest BCUT2D eigenvalue weighted by atomic mass is 32.2. The number of nitrogens with zero attached hydrogens (tertiary/aromatic N) is 1. The SMILES string of the molecule is CCC(CSC)N(C)CCS(=O)(=O)c1ccc(CN)cc1. The average molecular weight is 331 g/mol. The van der Waals surface area contributed by atoms with E-state index in [-0.39, 0.29) is 5.75 Å². The van der Waals surface area contributed by atoms with Gasteiger partial charge in [-0.2, -0.15) is 11.8 Å². The maximum absolute atomic E-state index is 12.3. The second-order valence-electron chi connectivity index (χ2n) is 5.16. The molecule has 0 aliphatic carbocycles. The van der Waals surface area contributed by atoms with E-state index < -0.39 is 9.84 Å². The van der Waals surface area contributed by atoms with Crippen molar-refractivity contribution in [2.75, 3.05) is 31.4 Å². The average Bonchev–Trinajstić information content (AvgIpc) is 2.50. The van der Waals surface area contributed by atoms with Gasteiger partial charge >= 0.3 is 0 Å². The van der Waals surface area contributed by atoms with E-state index in [9.17, 15) is 8.42 Å². The van der Waals surface area contributed by atoms with Gasteiger partial charge in [-0.05, 0) is 37.4 Å². The van der Waals surface area contributed by atoms with E-state index in [4.69, 9.17) is 5.73 Å². The van der Waals surface area contributed by atoms with E-state index in [1.54, 1.807) is 36.0 Å². The van der Waals surface area contributed by atoms with Crippen LogP contribution in [-0.4, -0.2) is 50.7 Å². The molecule has 0 amide bonds. The summed E-state index contributed by atoms with van der Waals surface area (Å²) < 4.78 is 24.7. The Kier molecular flexibility index (Phi) is 7.73. The third-order valence-electron chi connectivity index (χ3n) is 3.68. The zero-order valence-corrected chi connectivity index (χ0v) is 14.7. The van der Waals surface area contributed by atoms with Crippen LogP contribution in [0, 0.1) is 0 Å². The first-order chi connectivity index (χ1) is 9.94. The number of rotatable bonds is 9. The van der Waals surface area contributed by atoms with Crippen LogP contribution in [0.5, 0.6) is 0 Å². The molecule has 0 bridgehead atoms. The Morgan fingerprint density at radius 2 is 1.90 bits per heavy atom. The molecule has 0 aliphatic heterocycles. The second kappa shape index (κ2) is 8.78. The molecule has 1 unspecified atom stereocenters. The smallest absolute Gasteiger partial charge is 0.179 e. The molecule has 0 aliphatic rings. The Bertz CT molecular complexity index is 515. The zero-order valence-electron chi connectivity index (χ0n) is 13.1. The van der Waals surface area contributed by atoms with Gasteiger partial charge in [0.15, 0.2) is 9.84 Å². The normalized spacial score (nSPS) is 13.6. The van der Waals surface area contributed by atoms with Crippen LogP contribution in [0.3, 0.4) is 0 Å². The van der Waals surface area contributed by atoms with Crippen molar-refractivity contribution in [1.82, 2.24) is 4.90 Å². The fourth-order valence-electron chi connectivity index (χ4n) is 2.15. The molecule has 1 rings (SSSR count). The van der Waals surface area contributed by atoms with Crippen molar-refractivity contribution in [3.63, 3.8) is 0 Å². The predicted molar refractivity (Wildman–Crippen MR) is 91.5 cm³/mol. The standard InChI is InChI=1S/C15H26N2O2S2/c1-4-14(12-20-3)17(2)9-10-21(18,19)15-7-5-13(11-16)6-8-15/h5-8,14H,4,9-12,16H2,1-3H3. The van der Waals surface area contributed by atoms with Gasteiger partial charge in [-0.3, -0.25) is 0 Å². The fourth-order valence-corrected chi connectivity index (χ4v) is 4.34. The van der Waals surface area contributed by atoms with Gasteiger partial charge < -0.3 is 10.6 Å². The lowest BCUT2D eigenvalue weighted by Crippen LogP contribution is -2.36. The van der Waals surface area contributed by atoms with E-state index in [1.165, 1.54) is 0 Å². The molecule has 21 heavy (non-hydrogen) atoms. The Labute approximate surface area is 133 Å². The first kappa shape index (κ1) is 18.5. The van der Waals surface area contributed by atoms with Crippen molar-refractivity contribution >= 4 is 21.6 Å². The van der Waals surface area contributed by atoms with Crippen LogP contribution in [0.4, 0.5) is 0 Å². The van der Waals surface area contributed by atoms with E-state index in [0.717, 1.165) is 17.7 Å². The quantitative estimate of drug-likeness (QED) is 0.750. The van der Waals surface area contributed by atoms with Crippen molar-refractivity contribution in [1.29, 1.82) is 0 Å². The summed E-state index contributed by atoms with van der Waals surface area (Å²) in [7, 11) is -1.23. The zero-order chi connectivity index (χ0) is 15.9. The summed E-state index contributed by atoms with van der Waals surface area (Å²) in [5, 5.41) is 0. The van der Waals surface area contributed by atoms with Crippen LogP contribution < -0.4 is 5.73 Å². The number of sulfone groups is 1. The molecule has 120 valence electrons. The molecule has 0 saturated heterocycles. The van der Waals surface area contributed by atoms with Crippen molar-refractivity contribution in [3.05, 3.63) is 29.8 Å². The Balaban J connectivity index is 2.67. The molecular formula is C15H26N2O2S2. The summed E-state index contributed by atoms with van der Waals surface area (Å²) in [6.07, 6.45) is 3.11. The molecule has 0 spiro atoms. The van der Waals surface area contributed by atoms with Crippen molar-refractivity contribution < 1.29 is 8.42 Å². The third-order valence-corrected chi connectivity index (χ3v) is 6.11. The van der Waals surface area contributed by atoms with Gasteiger partial charge in [0.25, 0.3) is 0 Å². The van der Waals surface area contributed by atoms with Crippen LogP contribution >= 0.6 is 11.8 Å². The Hall–Kier alpha value is -0.560. The summed E-state index contributed by atoms with van der Waals surface area (Å²) in [5.41, 5.74) is 6.47. The number of thioether (sulfide) groups is 1. The minimum atomic E-state index is -3.23. The highest BCUT2D eigenvalue weighted by Gasteiger charge is 2.18. The van der Waals surface area contributed by atoms with E-state index in [0.29, 0.717) is 24.0 Å². The molecule has 4 nitrogen and oxygen atoms in total. The van der Waals surface area contributed by atoms with Crippen LogP contribution in [-0.2, 0) is 16.4 Å². The molecule has 2 N–H and O–H groups in total. The van der Waals surface area contributed by atoms with Gasteiger partial charge in [0.05, 0.1) is 10.6 Å². The predicted octanol–water partition coefficient (Wildman–Crippen LogP) is 1.99. The highest BCUT2D eigenvalue weighted by molar-refractivity contribution is 7.98. The Morgan fingerprint density at radius 3 is 2.38 bits per heavy atom. The first-order valence-corrected chi connectivity index (χ1v) is 10.2. The molecule has 6 heteroatoms. The lowest BCUT2D eigenvalue weighted by Gasteiger charge is -2.26. The summed E-state index contributed by atoms with van der Waals surface area (Å²) in [4.78, 5) is 2.52. The van der Waals surface area contributed by atoms with E-state index in [1.807, 2.05) is 7.05 Å². The third kappa shape index (κ3) is 5.62. The molecule has 0 heterocycles. The number of benzene rings is 1. The number of hydrogen-bond donors (Lipinski definition) is 1. The monoisotopic (exact) mass is 330 g/mol. The van der Waals surface area contributed by atoms with Crippen LogP contribution in [0.15, 0.2) is 29.2 Å². The largest absolute Gasteiger partial charge is 0.326 e. The minimum absolute atomic E-state index is 0.149. The molecule has 0 fully saturated rings. The summed E-state index contributed by atoms with van der Waals surface area (Å²) in [6.45, 7) is 3.12. The summed E-state index contributed by atoms with van der Waals surface area (Å²) in [5.74, 6) is 1.18. The molecule has 0 aromatic heterocycles. The highest BCUT2D eigenvalue weighted by Crippen LogP contribution is 2.14. The molecule has 1 aromatic rings. The molecule has 1 aromatic carbocycles. The lowest BCUT2D eigenvalue weighted by molar-refractivity contribution is 0.270. The fraction of sp³-hybridized carbons (Fsp3) is 0.600. The molecule has 0 radical (unpaired) electrons. The summed E-state index contributed by atoms with van der Waals surface area (Å²) >= 11 is 1.79.